The van der Waals surface area contributed by atoms with Gasteiger partial charge in [-0.05, 0) is 54.4 Å². The summed E-state index contributed by atoms with van der Waals surface area (Å²) < 4.78 is 6.11. The summed E-state index contributed by atoms with van der Waals surface area (Å²) in [5, 5.41) is 2.86. The fourth-order valence-electron chi connectivity index (χ4n) is 1.37. The van der Waals surface area contributed by atoms with Crippen LogP contribution in [0.15, 0.2) is 22.7 Å². The van der Waals surface area contributed by atoms with Gasteiger partial charge in [-0.1, -0.05) is 6.07 Å². The molecule has 94 valence electrons. The van der Waals surface area contributed by atoms with Crippen LogP contribution < -0.4 is 5.32 Å². The fraction of sp³-hybridized carbons (Fsp3) is 0.462. The molecule has 4 heteroatoms. The Labute approximate surface area is 111 Å². The van der Waals surface area contributed by atoms with Crippen LogP contribution in [0.25, 0.3) is 0 Å². The Hall–Kier alpha value is -0.870. The quantitative estimate of drug-likeness (QED) is 0.924. The van der Waals surface area contributed by atoms with Gasteiger partial charge in [0.15, 0.2) is 0 Å². The lowest BCUT2D eigenvalue weighted by Gasteiger charge is -2.22. The average molecular weight is 300 g/mol. The van der Waals surface area contributed by atoms with Gasteiger partial charge in [0.05, 0.1) is 17.7 Å². The standard InChI is InChI=1S/C13H18BrNO2/c1-9-5-6-11(10(14)7-9)15-12(16)8-13(2,3)17-4/h5-7H,8H2,1-4H3,(H,15,16). The molecule has 17 heavy (non-hydrogen) atoms. The van der Waals surface area contributed by atoms with E-state index in [2.05, 4.69) is 21.2 Å². The summed E-state index contributed by atoms with van der Waals surface area (Å²) in [4.78, 5) is 11.8. The van der Waals surface area contributed by atoms with Crippen molar-refractivity contribution in [2.24, 2.45) is 0 Å². The summed E-state index contributed by atoms with van der Waals surface area (Å²) in [6.07, 6.45) is 0.323. The highest BCUT2D eigenvalue weighted by Crippen LogP contribution is 2.24. The zero-order chi connectivity index (χ0) is 13.1. The molecule has 0 radical (unpaired) electrons. The third-order valence-corrected chi connectivity index (χ3v) is 3.19. The monoisotopic (exact) mass is 299 g/mol. The molecular weight excluding hydrogens is 282 g/mol. The maximum Gasteiger partial charge on any atom is 0.227 e. The van der Waals surface area contributed by atoms with Crippen molar-refractivity contribution in [3.05, 3.63) is 28.2 Å². The van der Waals surface area contributed by atoms with E-state index in [1.165, 1.54) is 0 Å². The van der Waals surface area contributed by atoms with Gasteiger partial charge in [-0.3, -0.25) is 4.79 Å². The number of hydrogen-bond acceptors (Lipinski definition) is 2. The van der Waals surface area contributed by atoms with Crippen LogP contribution in [0.2, 0.25) is 0 Å². The van der Waals surface area contributed by atoms with Crippen molar-refractivity contribution in [2.75, 3.05) is 12.4 Å². The Morgan fingerprint density at radius 2 is 2.12 bits per heavy atom. The Balaban J connectivity index is 2.69. The molecule has 1 aromatic carbocycles. The Kier molecular flexibility index (Phi) is 4.71. The first kappa shape index (κ1) is 14.2. The summed E-state index contributed by atoms with van der Waals surface area (Å²) in [7, 11) is 1.61. The zero-order valence-electron chi connectivity index (χ0n) is 10.6. The molecule has 0 unspecified atom stereocenters. The number of ether oxygens (including phenoxy) is 1. The van der Waals surface area contributed by atoms with Crippen LogP contribution in [0.1, 0.15) is 25.8 Å². The van der Waals surface area contributed by atoms with E-state index in [0.29, 0.717) is 6.42 Å². The molecule has 3 nitrogen and oxygen atoms in total. The van der Waals surface area contributed by atoms with Crippen molar-refractivity contribution in [2.45, 2.75) is 32.8 Å². The number of aryl methyl sites for hydroxylation is 1. The lowest BCUT2D eigenvalue weighted by molar-refractivity contribution is -0.121. The zero-order valence-corrected chi connectivity index (χ0v) is 12.2. The molecule has 0 heterocycles. The lowest BCUT2D eigenvalue weighted by Crippen LogP contribution is -2.29. The summed E-state index contributed by atoms with van der Waals surface area (Å²) in [6, 6.07) is 5.82. The summed E-state index contributed by atoms with van der Waals surface area (Å²) >= 11 is 3.43. The van der Waals surface area contributed by atoms with Crippen molar-refractivity contribution >= 4 is 27.5 Å². The Bertz CT molecular complexity index is 416. The van der Waals surface area contributed by atoms with E-state index in [0.717, 1.165) is 15.7 Å². The van der Waals surface area contributed by atoms with E-state index >= 15 is 0 Å². The van der Waals surface area contributed by atoms with Gasteiger partial charge in [-0.25, -0.2) is 0 Å². The molecule has 0 spiro atoms. The summed E-state index contributed by atoms with van der Waals surface area (Å²) in [6.45, 7) is 5.78. The number of halogens is 1. The van der Waals surface area contributed by atoms with Gasteiger partial charge in [0.2, 0.25) is 5.91 Å². The second kappa shape index (κ2) is 5.65. The van der Waals surface area contributed by atoms with Gasteiger partial charge in [0.25, 0.3) is 0 Å². The minimum absolute atomic E-state index is 0.0543. The van der Waals surface area contributed by atoms with E-state index in [9.17, 15) is 4.79 Å². The van der Waals surface area contributed by atoms with Crippen LogP contribution in [-0.2, 0) is 9.53 Å². The van der Waals surface area contributed by atoms with Gasteiger partial charge in [-0.15, -0.1) is 0 Å². The molecule has 1 N–H and O–H groups in total. The number of nitrogens with one attached hydrogen (secondary N) is 1. The number of hydrogen-bond donors (Lipinski definition) is 1. The highest BCUT2D eigenvalue weighted by Gasteiger charge is 2.21. The number of methoxy groups -OCH3 is 1. The third-order valence-electron chi connectivity index (χ3n) is 2.54. The van der Waals surface area contributed by atoms with Crippen molar-refractivity contribution in [3.63, 3.8) is 0 Å². The van der Waals surface area contributed by atoms with Crippen LogP contribution in [0, 0.1) is 6.92 Å². The molecule has 0 aliphatic rings. The van der Waals surface area contributed by atoms with Crippen LogP contribution in [-0.4, -0.2) is 18.6 Å². The Morgan fingerprint density at radius 3 is 2.65 bits per heavy atom. The first-order chi connectivity index (χ1) is 7.84. The van der Waals surface area contributed by atoms with Crippen molar-refractivity contribution in [1.82, 2.24) is 0 Å². The predicted octanol–water partition coefficient (Wildman–Crippen LogP) is 3.51. The second-order valence-electron chi connectivity index (χ2n) is 4.67. The van der Waals surface area contributed by atoms with E-state index < -0.39 is 5.60 Å². The van der Waals surface area contributed by atoms with Gasteiger partial charge < -0.3 is 10.1 Å². The predicted molar refractivity (Wildman–Crippen MR) is 73.2 cm³/mol. The SMILES string of the molecule is COC(C)(C)CC(=O)Nc1ccc(C)cc1Br. The molecule has 0 aliphatic heterocycles. The number of carbonyl (C=O) groups is 1. The molecule has 0 atom stereocenters. The third kappa shape index (κ3) is 4.48. The molecule has 0 bridgehead atoms. The number of rotatable bonds is 4. The van der Waals surface area contributed by atoms with E-state index in [1.54, 1.807) is 7.11 Å². The molecule has 1 rings (SSSR count). The smallest absolute Gasteiger partial charge is 0.227 e. The molecule has 0 saturated heterocycles. The molecule has 0 fully saturated rings. The van der Waals surface area contributed by atoms with Gasteiger partial charge in [-0.2, -0.15) is 0 Å². The summed E-state index contributed by atoms with van der Waals surface area (Å²) in [5.41, 5.74) is 1.49. The van der Waals surface area contributed by atoms with Crippen molar-refractivity contribution < 1.29 is 9.53 Å². The number of anilines is 1. The molecule has 0 aromatic heterocycles. The number of carbonyl (C=O) groups excluding carboxylic acids is 1. The minimum atomic E-state index is -0.443. The van der Waals surface area contributed by atoms with E-state index in [-0.39, 0.29) is 5.91 Å². The maximum atomic E-state index is 11.8. The van der Waals surface area contributed by atoms with Crippen molar-refractivity contribution in [3.8, 4) is 0 Å². The van der Waals surface area contributed by atoms with Gasteiger partial charge >= 0.3 is 0 Å². The fourth-order valence-corrected chi connectivity index (χ4v) is 1.97. The average Bonchev–Trinajstić information content (AvgIpc) is 2.21. The van der Waals surface area contributed by atoms with E-state index in [1.807, 2.05) is 39.0 Å². The van der Waals surface area contributed by atoms with E-state index in [4.69, 9.17) is 4.74 Å². The Morgan fingerprint density at radius 1 is 1.47 bits per heavy atom. The molecule has 1 aromatic rings. The normalized spacial score (nSPS) is 11.4. The minimum Gasteiger partial charge on any atom is -0.378 e. The molecule has 1 amide bonds. The largest absolute Gasteiger partial charge is 0.378 e. The highest BCUT2D eigenvalue weighted by molar-refractivity contribution is 9.10. The topological polar surface area (TPSA) is 38.3 Å². The lowest BCUT2D eigenvalue weighted by atomic mass is 10.0. The van der Waals surface area contributed by atoms with Crippen LogP contribution in [0.5, 0.6) is 0 Å². The molecule has 0 aliphatic carbocycles. The summed E-state index contributed by atoms with van der Waals surface area (Å²) in [5.74, 6) is -0.0543. The first-order valence-corrected chi connectivity index (χ1v) is 6.24. The van der Waals surface area contributed by atoms with Crippen LogP contribution >= 0.6 is 15.9 Å². The molecule has 0 saturated carbocycles. The van der Waals surface area contributed by atoms with Crippen LogP contribution in [0.4, 0.5) is 5.69 Å². The molecular formula is C13H18BrNO2. The van der Waals surface area contributed by atoms with Gasteiger partial charge in [0, 0.05) is 11.6 Å². The second-order valence-corrected chi connectivity index (χ2v) is 5.53. The maximum absolute atomic E-state index is 11.8. The van der Waals surface area contributed by atoms with Crippen LogP contribution in [0.3, 0.4) is 0 Å². The number of amides is 1. The first-order valence-electron chi connectivity index (χ1n) is 5.45. The highest BCUT2D eigenvalue weighted by atomic mass is 79.9. The van der Waals surface area contributed by atoms with Crippen molar-refractivity contribution in [1.29, 1.82) is 0 Å². The number of benzene rings is 1. The van der Waals surface area contributed by atoms with Gasteiger partial charge in [0.1, 0.15) is 0 Å².